The third-order valence-corrected chi connectivity index (χ3v) is 2.42. The molecule has 0 aliphatic rings. The van der Waals surface area contributed by atoms with Crippen LogP contribution < -0.4 is 5.73 Å². The van der Waals surface area contributed by atoms with Crippen molar-refractivity contribution in [3.8, 4) is 0 Å². The van der Waals surface area contributed by atoms with Gasteiger partial charge in [-0.25, -0.2) is 0 Å². The SMILES string of the molecule is CCCC(OCC)C(N)c1cccnc1. The van der Waals surface area contributed by atoms with Gasteiger partial charge >= 0.3 is 0 Å². The van der Waals surface area contributed by atoms with Crippen LogP contribution in [-0.2, 0) is 4.74 Å². The summed E-state index contributed by atoms with van der Waals surface area (Å²) in [7, 11) is 0. The lowest BCUT2D eigenvalue weighted by molar-refractivity contribution is 0.0373. The molecular formula is C12H20N2O. The van der Waals surface area contributed by atoms with Gasteiger partial charge in [-0.3, -0.25) is 4.98 Å². The summed E-state index contributed by atoms with van der Waals surface area (Å²) in [6, 6.07) is 3.84. The van der Waals surface area contributed by atoms with E-state index in [-0.39, 0.29) is 12.1 Å². The van der Waals surface area contributed by atoms with E-state index < -0.39 is 0 Å². The van der Waals surface area contributed by atoms with Crippen LogP contribution in [0.1, 0.15) is 38.3 Å². The van der Waals surface area contributed by atoms with E-state index in [9.17, 15) is 0 Å². The van der Waals surface area contributed by atoms with Gasteiger partial charge in [0, 0.05) is 19.0 Å². The van der Waals surface area contributed by atoms with E-state index >= 15 is 0 Å². The molecule has 2 N–H and O–H groups in total. The van der Waals surface area contributed by atoms with Gasteiger partial charge in [-0.2, -0.15) is 0 Å². The van der Waals surface area contributed by atoms with E-state index in [2.05, 4.69) is 11.9 Å². The Kier molecular flexibility index (Phi) is 5.29. The van der Waals surface area contributed by atoms with Crippen molar-refractivity contribution in [1.82, 2.24) is 4.98 Å². The summed E-state index contributed by atoms with van der Waals surface area (Å²) in [5.41, 5.74) is 7.19. The highest BCUT2D eigenvalue weighted by atomic mass is 16.5. The third-order valence-electron chi connectivity index (χ3n) is 2.42. The Morgan fingerprint density at radius 2 is 2.27 bits per heavy atom. The average molecular weight is 208 g/mol. The van der Waals surface area contributed by atoms with E-state index in [4.69, 9.17) is 10.5 Å². The summed E-state index contributed by atoms with van der Waals surface area (Å²) in [6.45, 7) is 4.85. The largest absolute Gasteiger partial charge is 0.377 e. The molecule has 3 heteroatoms. The van der Waals surface area contributed by atoms with Crippen LogP contribution in [0.4, 0.5) is 0 Å². The predicted molar refractivity (Wildman–Crippen MR) is 61.5 cm³/mol. The fourth-order valence-electron chi connectivity index (χ4n) is 1.65. The van der Waals surface area contributed by atoms with Gasteiger partial charge < -0.3 is 10.5 Å². The molecule has 84 valence electrons. The van der Waals surface area contributed by atoms with Crippen molar-refractivity contribution >= 4 is 0 Å². The molecule has 15 heavy (non-hydrogen) atoms. The van der Waals surface area contributed by atoms with Crippen molar-refractivity contribution in [3.63, 3.8) is 0 Å². The van der Waals surface area contributed by atoms with Crippen molar-refractivity contribution in [3.05, 3.63) is 30.1 Å². The number of ether oxygens (including phenoxy) is 1. The second-order valence-electron chi connectivity index (χ2n) is 3.59. The summed E-state index contributed by atoms with van der Waals surface area (Å²) in [5.74, 6) is 0. The smallest absolute Gasteiger partial charge is 0.0767 e. The number of nitrogens with zero attached hydrogens (tertiary/aromatic N) is 1. The van der Waals surface area contributed by atoms with Crippen molar-refractivity contribution < 1.29 is 4.74 Å². The van der Waals surface area contributed by atoms with Crippen LogP contribution in [0.15, 0.2) is 24.5 Å². The third kappa shape index (κ3) is 3.61. The molecule has 1 aromatic heterocycles. The second-order valence-corrected chi connectivity index (χ2v) is 3.59. The number of nitrogens with two attached hydrogens (primary N) is 1. The quantitative estimate of drug-likeness (QED) is 0.780. The molecule has 0 radical (unpaired) electrons. The van der Waals surface area contributed by atoms with Crippen LogP contribution in [0.25, 0.3) is 0 Å². The van der Waals surface area contributed by atoms with Gasteiger partial charge in [0.2, 0.25) is 0 Å². The van der Waals surface area contributed by atoms with Gasteiger partial charge in [-0.05, 0) is 25.0 Å². The summed E-state index contributed by atoms with van der Waals surface area (Å²) >= 11 is 0. The van der Waals surface area contributed by atoms with Crippen LogP contribution in [0.5, 0.6) is 0 Å². The van der Waals surface area contributed by atoms with Gasteiger partial charge in [-0.1, -0.05) is 19.4 Å². The Morgan fingerprint density at radius 1 is 1.47 bits per heavy atom. The molecule has 0 saturated carbocycles. The zero-order valence-corrected chi connectivity index (χ0v) is 9.52. The zero-order valence-electron chi connectivity index (χ0n) is 9.52. The molecule has 0 fully saturated rings. The van der Waals surface area contributed by atoms with Crippen molar-refractivity contribution in [2.75, 3.05) is 6.61 Å². The maximum absolute atomic E-state index is 6.15. The summed E-state index contributed by atoms with van der Waals surface area (Å²) in [5, 5.41) is 0. The van der Waals surface area contributed by atoms with Crippen molar-refractivity contribution in [1.29, 1.82) is 0 Å². The Balaban J connectivity index is 2.67. The zero-order chi connectivity index (χ0) is 11.1. The van der Waals surface area contributed by atoms with Crippen LogP contribution in [0.3, 0.4) is 0 Å². The van der Waals surface area contributed by atoms with Crippen LogP contribution >= 0.6 is 0 Å². The lowest BCUT2D eigenvalue weighted by Crippen LogP contribution is -2.29. The monoisotopic (exact) mass is 208 g/mol. The fraction of sp³-hybridized carbons (Fsp3) is 0.583. The normalized spacial score (nSPS) is 14.9. The molecule has 0 saturated heterocycles. The average Bonchev–Trinajstić information content (AvgIpc) is 2.29. The predicted octanol–water partition coefficient (Wildman–Crippen LogP) is 2.29. The van der Waals surface area contributed by atoms with Crippen LogP contribution in [0.2, 0.25) is 0 Å². The van der Waals surface area contributed by atoms with E-state index in [1.54, 1.807) is 6.20 Å². The molecule has 2 atom stereocenters. The minimum absolute atomic E-state index is 0.0707. The Morgan fingerprint density at radius 3 is 2.80 bits per heavy atom. The standard InChI is InChI=1S/C12H20N2O/c1-3-6-11(15-4-2)12(13)10-7-5-8-14-9-10/h5,7-9,11-12H,3-4,6,13H2,1-2H3. The summed E-state index contributed by atoms with van der Waals surface area (Å²) in [4.78, 5) is 4.07. The van der Waals surface area contributed by atoms with Gasteiger partial charge in [0.1, 0.15) is 0 Å². The number of rotatable bonds is 6. The lowest BCUT2D eigenvalue weighted by Gasteiger charge is -2.23. The van der Waals surface area contributed by atoms with Gasteiger partial charge in [0.25, 0.3) is 0 Å². The Labute approximate surface area is 91.7 Å². The topological polar surface area (TPSA) is 48.1 Å². The second kappa shape index (κ2) is 6.53. The molecule has 0 aliphatic heterocycles. The lowest BCUT2D eigenvalue weighted by atomic mass is 10.0. The molecule has 1 heterocycles. The minimum atomic E-state index is -0.0707. The first-order valence-electron chi connectivity index (χ1n) is 5.56. The van der Waals surface area contributed by atoms with E-state index in [0.29, 0.717) is 6.61 Å². The van der Waals surface area contributed by atoms with E-state index in [1.807, 2.05) is 25.3 Å². The van der Waals surface area contributed by atoms with Gasteiger partial charge in [0.15, 0.2) is 0 Å². The van der Waals surface area contributed by atoms with Crippen LogP contribution in [-0.4, -0.2) is 17.7 Å². The summed E-state index contributed by atoms with van der Waals surface area (Å²) < 4.78 is 5.65. The summed E-state index contributed by atoms with van der Waals surface area (Å²) in [6.07, 6.45) is 5.74. The van der Waals surface area contributed by atoms with Gasteiger partial charge in [-0.15, -0.1) is 0 Å². The number of hydrogen-bond acceptors (Lipinski definition) is 3. The highest BCUT2D eigenvalue weighted by Crippen LogP contribution is 2.19. The molecule has 0 aromatic carbocycles. The molecule has 0 bridgehead atoms. The maximum atomic E-state index is 6.15. The molecule has 0 aliphatic carbocycles. The number of aromatic nitrogens is 1. The molecule has 3 nitrogen and oxygen atoms in total. The first kappa shape index (κ1) is 12.1. The molecule has 2 unspecified atom stereocenters. The van der Waals surface area contributed by atoms with E-state index in [0.717, 1.165) is 18.4 Å². The highest BCUT2D eigenvalue weighted by molar-refractivity contribution is 5.14. The van der Waals surface area contributed by atoms with E-state index in [1.165, 1.54) is 0 Å². The molecule has 0 spiro atoms. The molecule has 1 rings (SSSR count). The maximum Gasteiger partial charge on any atom is 0.0767 e. The van der Waals surface area contributed by atoms with Crippen molar-refractivity contribution in [2.45, 2.75) is 38.8 Å². The number of hydrogen-bond donors (Lipinski definition) is 1. The first-order chi connectivity index (χ1) is 7.29. The fourth-order valence-corrected chi connectivity index (χ4v) is 1.65. The van der Waals surface area contributed by atoms with Crippen molar-refractivity contribution in [2.24, 2.45) is 5.73 Å². The molecular weight excluding hydrogens is 188 g/mol. The number of pyridine rings is 1. The molecule has 1 aromatic rings. The minimum Gasteiger partial charge on any atom is -0.377 e. The Bertz CT molecular complexity index is 258. The first-order valence-corrected chi connectivity index (χ1v) is 5.56. The molecule has 0 amide bonds. The van der Waals surface area contributed by atoms with Crippen LogP contribution in [0, 0.1) is 0 Å². The Hall–Kier alpha value is -0.930. The highest BCUT2D eigenvalue weighted by Gasteiger charge is 2.18. The van der Waals surface area contributed by atoms with Gasteiger partial charge in [0.05, 0.1) is 12.1 Å².